The number of pyridine rings is 1. The second kappa shape index (κ2) is 4.97. The molecule has 0 fully saturated rings. The molecule has 2 rings (SSSR count). The lowest BCUT2D eigenvalue weighted by Gasteiger charge is -2.02. The molecule has 2 heterocycles. The van der Waals surface area contributed by atoms with Gasteiger partial charge in [-0.15, -0.1) is 0 Å². The van der Waals surface area contributed by atoms with E-state index in [-0.39, 0.29) is 11.1 Å². The monoisotopic (exact) mass is 251 g/mol. The number of nitrogens with zero attached hydrogens (tertiary/aromatic N) is 2. The van der Waals surface area contributed by atoms with Crippen molar-refractivity contribution in [2.45, 2.75) is 13.5 Å². The first-order valence-corrected chi connectivity index (χ1v) is 5.35. The maximum absolute atomic E-state index is 11.7. The molecule has 6 heteroatoms. The molecule has 0 aliphatic rings. The lowest BCUT2D eigenvalue weighted by atomic mass is 10.2. The number of amides is 1. The van der Waals surface area contributed by atoms with Crippen LogP contribution in [-0.2, 0) is 6.54 Å². The van der Waals surface area contributed by atoms with Crippen LogP contribution < -0.4 is 5.32 Å². The van der Waals surface area contributed by atoms with Gasteiger partial charge in [0.1, 0.15) is 16.6 Å². The Balaban J connectivity index is 1.98. The number of aryl methyl sites for hydroxylation is 1. The van der Waals surface area contributed by atoms with Crippen molar-refractivity contribution in [3.8, 4) is 0 Å². The van der Waals surface area contributed by atoms with Crippen LogP contribution in [0.15, 0.2) is 28.9 Å². The Morgan fingerprint density at radius 1 is 1.53 bits per heavy atom. The summed E-state index contributed by atoms with van der Waals surface area (Å²) in [5.41, 5.74) is 1.14. The average molecular weight is 252 g/mol. The van der Waals surface area contributed by atoms with E-state index in [0.717, 1.165) is 0 Å². The molecule has 2 aromatic rings. The number of halogens is 1. The quantitative estimate of drug-likeness (QED) is 0.847. The Hall–Kier alpha value is -1.88. The molecule has 0 radical (unpaired) electrons. The molecular formula is C11H10ClN3O2. The minimum atomic E-state index is -0.227. The number of carbonyl (C=O) groups excluding carboxylic acids is 1. The molecule has 1 amide bonds. The lowest BCUT2D eigenvalue weighted by molar-refractivity contribution is 0.0950. The highest BCUT2D eigenvalue weighted by Crippen LogP contribution is 2.07. The van der Waals surface area contributed by atoms with Gasteiger partial charge in [-0.25, -0.2) is 4.98 Å². The smallest absolute Gasteiger partial charge is 0.251 e. The lowest BCUT2D eigenvalue weighted by Crippen LogP contribution is -2.22. The van der Waals surface area contributed by atoms with E-state index in [1.807, 2.05) is 0 Å². The van der Waals surface area contributed by atoms with Crippen LogP contribution in [0.1, 0.15) is 21.8 Å². The van der Waals surface area contributed by atoms with Crippen molar-refractivity contribution >= 4 is 17.5 Å². The Bertz CT molecular complexity index is 539. The molecule has 0 spiro atoms. The fraction of sp³-hybridized carbons (Fsp3) is 0.182. The number of carbonyl (C=O) groups is 1. The highest BCUT2D eigenvalue weighted by Gasteiger charge is 2.07. The average Bonchev–Trinajstić information content (AvgIpc) is 2.72. The Labute approximate surface area is 103 Å². The molecule has 88 valence electrons. The molecule has 0 saturated heterocycles. The zero-order valence-electron chi connectivity index (χ0n) is 9.11. The second-order valence-electron chi connectivity index (χ2n) is 3.48. The standard InChI is InChI=1S/C11H10ClN3O2/c1-7-4-9(15-17-7)6-14-11(16)8-2-3-13-10(12)5-8/h2-5H,6H2,1H3,(H,14,16). The van der Waals surface area contributed by atoms with Gasteiger partial charge in [-0.3, -0.25) is 4.79 Å². The van der Waals surface area contributed by atoms with E-state index < -0.39 is 0 Å². The number of nitrogens with one attached hydrogen (secondary N) is 1. The van der Waals surface area contributed by atoms with Gasteiger partial charge in [-0.05, 0) is 19.1 Å². The normalized spacial score (nSPS) is 10.2. The number of hydrogen-bond donors (Lipinski definition) is 1. The molecular weight excluding hydrogens is 242 g/mol. The fourth-order valence-corrected chi connectivity index (χ4v) is 1.49. The molecule has 0 aliphatic heterocycles. The molecule has 0 saturated carbocycles. The van der Waals surface area contributed by atoms with Gasteiger partial charge >= 0.3 is 0 Å². The van der Waals surface area contributed by atoms with E-state index in [1.165, 1.54) is 12.3 Å². The van der Waals surface area contributed by atoms with Gasteiger partial charge in [-0.1, -0.05) is 16.8 Å². The minimum absolute atomic E-state index is 0.227. The molecule has 5 nitrogen and oxygen atoms in total. The van der Waals surface area contributed by atoms with Crippen molar-refractivity contribution < 1.29 is 9.32 Å². The summed E-state index contributed by atoms with van der Waals surface area (Å²) >= 11 is 5.69. The van der Waals surface area contributed by atoms with Crippen LogP contribution in [0.25, 0.3) is 0 Å². The molecule has 0 unspecified atom stereocenters. The zero-order valence-corrected chi connectivity index (χ0v) is 9.86. The van der Waals surface area contributed by atoms with E-state index in [9.17, 15) is 4.79 Å². The summed E-state index contributed by atoms with van der Waals surface area (Å²) in [6.45, 7) is 2.11. The molecule has 0 bridgehead atoms. The molecule has 0 atom stereocenters. The summed E-state index contributed by atoms with van der Waals surface area (Å²) in [7, 11) is 0. The first-order valence-electron chi connectivity index (χ1n) is 4.97. The summed E-state index contributed by atoms with van der Waals surface area (Å²) in [6, 6.07) is 4.86. The van der Waals surface area contributed by atoms with Gasteiger partial charge < -0.3 is 9.84 Å². The zero-order chi connectivity index (χ0) is 12.3. The van der Waals surface area contributed by atoms with Gasteiger partial charge in [0, 0.05) is 17.8 Å². The predicted octanol–water partition coefficient (Wildman–Crippen LogP) is 1.96. The SMILES string of the molecule is Cc1cc(CNC(=O)c2ccnc(Cl)c2)no1. The predicted molar refractivity (Wildman–Crippen MR) is 61.7 cm³/mol. The second-order valence-corrected chi connectivity index (χ2v) is 3.87. The molecule has 0 aromatic carbocycles. The van der Waals surface area contributed by atoms with Gasteiger partial charge in [0.05, 0.1) is 6.54 Å². The Morgan fingerprint density at radius 3 is 3.00 bits per heavy atom. The third kappa shape index (κ3) is 3.04. The summed E-state index contributed by atoms with van der Waals surface area (Å²) < 4.78 is 4.89. The molecule has 17 heavy (non-hydrogen) atoms. The Morgan fingerprint density at radius 2 is 2.35 bits per heavy atom. The maximum atomic E-state index is 11.7. The van der Waals surface area contributed by atoms with Gasteiger partial charge in [-0.2, -0.15) is 0 Å². The fourth-order valence-electron chi connectivity index (χ4n) is 1.32. The highest BCUT2D eigenvalue weighted by atomic mass is 35.5. The summed E-state index contributed by atoms with van der Waals surface area (Å²) in [5, 5.41) is 6.77. The van der Waals surface area contributed by atoms with Crippen molar-refractivity contribution in [3.05, 3.63) is 46.6 Å². The third-order valence-corrected chi connectivity index (χ3v) is 2.30. The van der Waals surface area contributed by atoms with Crippen LogP contribution in [0, 0.1) is 6.92 Å². The first-order chi connectivity index (χ1) is 8.15. The largest absolute Gasteiger partial charge is 0.361 e. The van der Waals surface area contributed by atoms with Crippen molar-refractivity contribution in [2.24, 2.45) is 0 Å². The Kier molecular flexibility index (Phi) is 3.39. The van der Waals surface area contributed by atoms with Crippen molar-refractivity contribution in [3.63, 3.8) is 0 Å². The van der Waals surface area contributed by atoms with Gasteiger partial charge in [0.15, 0.2) is 0 Å². The number of rotatable bonds is 3. The van der Waals surface area contributed by atoms with Crippen LogP contribution in [-0.4, -0.2) is 16.0 Å². The number of aromatic nitrogens is 2. The number of hydrogen-bond acceptors (Lipinski definition) is 4. The first kappa shape index (κ1) is 11.6. The topological polar surface area (TPSA) is 68.0 Å². The summed E-state index contributed by atoms with van der Waals surface area (Å²) in [6.07, 6.45) is 1.48. The van der Waals surface area contributed by atoms with Gasteiger partial charge in [0.25, 0.3) is 5.91 Å². The minimum Gasteiger partial charge on any atom is -0.361 e. The summed E-state index contributed by atoms with van der Waals surface area (Å²) in [5.74, 6) is 0.483. The van der Waals surface area contributed by atoms with Crippen LogP contribution in [0.4, 0.5) is 0 Å². The van der Waals surface area contributed by atoms with Crippen molar-refractivity contribution in [2.75, 3.05) is 0 Å². The summed E-state index contributed by atoms with van der Waals surface area (Å²) in [4.78, 5) is 15.5. The van der Waals surface area contributed by atoms with Crippen LogP contribution in [0.3, 0.4) is 0 Å². The molecule has 1 N–H and O–H groups in total. The van der Waals surface area contributed by atoms with Crippen molar-refractivity contribution in [1.82, 2.24) is 15.5 Å². The van der Waals surface area contributed by atoms with E-state index in [1.54, 1.807) is 19.1 Å². The van der Waals surface area contributed by atoms with E-state index >= 15 is 0 Å². The van der Waals surface area contributed by atoms with E-state index in [4.69, 9.17) is 16.1 Å². The van der Waals surface area contributed by atoms with Crippen molar-refractivity contribution in [1.29, 1.82) is 0 Å². The third-order valence-electron chi connectivity index (χ3n) is 2.10. The van der Waals surface area contributed by atoms with Crippen LogP contribution in [0.5, 0.6) is 0 Å². The van der Waals surface area contributed by atoms with E-state index in [0.29, 0.717) is 23.6 Å². The molecule has 2 aromatic heterocycles. The maximum Gasteiger partial charge on any atom is 0.251 e. The highest BCUT2D eigenvalue weighted by molar-refractivity contribution is 6.29. The van der Waals surface area contributed by atoms with Crippen LogP contribution >= 0.6 is 11.6 Å². The van der Waals surface area contributed by atoms with Crippen LogP contribution in [0.2, 0.25) is 5.15 Å². The van der Waals surface area contributed by atoms with E-state index in [2.05, 4.69) is 15.5 Å². The molecule has 0 aliphatic carbocycles. The van der Waals surface area contributed by atoms with Gasteiger partial charge in [0.2, 0.25) is 0 Å².